The van der Waals surface area contributed by atoms with E-state index in [1.807, 2.05) is 135 Å². The summed E-state index contributed by atoms with van der Waals surface area (Å²) in [6, 6.07) is 29.2. The standard InChI is InChI=1S/C88H100N10O16S3/c1-49-27-54-34-79(104)75(44-100)97-86(112)59(47-116-45-51-13-12-14-52(28-51)46-117-48-60(85(111)96-74(43-99)50(2)101)36-80(105)76(25-26-115-3)98(42-49)88(54)114)35-78(103)72(31-57-40-91-69-21-10-6-17-63(57)69)95-84(110)53(29-55-38-89-67-19-8-4-15-61(55)67)33-77(102)71(23-24-82(107)108)94-87(113)66(30-56-39-90-68-20-9-5-16-62(56)68)65-37-81(106)93-73(83(65)109)32-58-41-92-70-22-11-7-18-64(58)70/h4-22,28,38-41,49,53-54,59-60,65-66,71-76,89-92,99-100H,23-27,29-37,42-48H2,1-3H3,(H,93,106)(H,94,113)(H,95,110)(H,96,111)(H,97,112)(H,107,108)/t49?,53-,54?,59+,60+,65?,66-,71+,72+,73?,74+,75+,76+/m1/s1. The van der Waals surface area contributed by atoms with Gasteiger partial charge in [0.15, 0.2) is 34.7 Å². The van der Waals surface area contributed by atoms with E-state index >= 15 is 28.8 Å². The lowest BCUT2D eigenvalue weighted by Crippen LogP contribution is -2.56. The van der Waals surface area contributed by atoms with E-state index in [4.69, 9.17) is 0 Å². The van der Waals surface area contributed by atoms with Crippen LogP contribution >= 0.6 is 35.3 Å². The molecule has 616 valence electrons. The number of fused-ring (bicyclic) bond motifs is 8. The van der Waals surface area contributed by atoms with Crippen LogP contribution in [0.3, 0.4) is 0 Å². The number of Topliss-reactive ketones (excluding diaryl/α,β-unsaturated/α-hetero) is 6. The molecule has 117 heavy (non-hydrogen) atoms. The molecule has 13 atom stereocenters. The van der Waals surface area contributed by atoms with Crippen molar-refractivity contribution in [3.8, 4) is 0 Å². The van der Waals surface area contributed by atoms with Gasteiger partial charge in [0.25, 0.3) is 0 Å². The van der Waals surface area contributed by atoms with E-state index < -0.39 is 193 Å². The Morgan fingerprint density at radius 1 is 0.607 bits per heavy atom. The fourth-order valence-corrected chi connectivity index (χ4v) is 19.2. The molecule has 4 aromatic heterocycles. The second-order valence-corrected chi connectivity index (χ2v) is 34.3. The molecule has 7 heterocycles. The van der Waals surface area contributed by atoms with Gasteiger partial charge in [-0.3, -0.25) is 62.3 Å². The molecule has 3 aliphatic heterocycles. The summed E-state index contributed by atoms with van der Waals surface area (Å²) in [6.07, 6.45) is 5.62. The lowest BCUT2D eigenvalue weighted by atomic mass is 9.76. The minimum Gasteiger partial charge on any atom is -0.481 e. The summed E-state index contributed by atoms with van der Waals surface area (Å²) >= 11 is 4.15. The summed E-state index contributed by atoms with van der Waals surface area (Å²) in [4.78, 5) is 205. The molecule has 5 aromatic carbocycles. The van der Waals surface area contributed by atoms with Gasteiger partial charge in [-0.05, 0) is 115 Å². The van der Waals surface area contributed by atoms with Crippen LogP contribution in [0.5, 0.6) is 0 Å². The van der Waals surface area contributed by atoms with Gasteiger partial charge in [0.2, 0.25) is 35.4 Å². The molecule has 0 radical (unpaired) electrons. The van der Waals surface area contributed by atoms with Crippen molar-refractivity contribution >= 4 is 155 Å². The van der Waals surface area contributed by atoms with Crippen molar-refractivity contribution in [2.75, 3.05) is 43.3 Å². The van der Waals surface area contributed by atoms with Crippen molar-refractivity contribution < 1.29 is 77.6 Å². The summed E-state index contributed by atoms with van der Waals surface area (Å²) in [5, 5.41) is 48.5. The SMILES string of the molecule is CSCC[C@H]1C(=O)C[C@H](C(=O)N[C@@H](CO)C(C)=O)CSCc2cccc(c2)CSC[C@H](CC(=O)[C@H](Cc2c[nH]c3ccccc23)NC(=O)[C@@H](CC(=O)[C@H](CCC(=O)O)NC(=O)[C@H](Cc2c[nH]c3ccccc23)C2CC(=O)NC(Cc3c[nH]c4ccccc34)C2=O)Cc2c[nH]c3ccccc23)C(=O)N[C@@H](CO)C(=O)CC2CC(C)CN1C2=O. The summed E-state index contributed by atoms with van der Waals surface area (Å²) in [5.74, 6) is -14.7. The van der Waals surface area contributed by atoms with Crippen molar-refractivity contribution in [2.24, 2.45) is 41.4 Å². The van der Waals surface area contributed by atoms with Crippen LogP contribution in [-0.4, -0.2) is 196 Å². The van der Waals surface area contributed by atoms with Crippen LogP contribution < -0.4 is 26.6 Å². The number of ketones is 6. The number of aliphatic hydroxyl groups is 2. The zero-order valence-corrected chi connectivity index (χ0v) is 68.0. The normalized spacial score (nSPS) is 21.4. The number of aromatic amines is 4. The number of para-hydroxylation sites is 4. The monoisotopic (exact) mass is 1650 g/mol. The number of carbonyl (C=O) groups excluding carboxylic acids is 12. The average molecular weight is 1650 g/mol. The van der Waals surface area contributed by atoms with Gasteiger partial charge in [-0.25, -0.2) is 0 Å². The maximum Gasteiger partial charge on any atom is 0.303 e. The number of nitrogens with one attached hydrogen (secondary N) is 9. The Labute approximate surface area is 689 Å². The van der Waals surface area contributed by atoms with Crippen LogP contribution in [0.4, 0.5) is 0 Å². The maximum absolute atomic E-state index is 15.9. The second kappa shape index (κ2) is 40.1. The number of carboxylic acids is 1. The van der Waals surface area contributed by atoms with Gasteiger partial charge in [0.1, 0.15) is 12.1 Å². The number of aliphatic hydroxyl groups excluding tert-OH is 2. The van der Waals surface area contributed by atoms with E-state index in [-0.39, 0.29) is 75.3 Å². The average Bonchev–Trinajstić information content (AvgIpc) is 1.47. The van der Waals surface area contributed by atoms with Gasteiger partial charge >= 0.3 is 5.97 Å². The van der Waals surface area contributed by atoms with Crippen molar-refractivity contribution in [3.63, 3.8) is 0 Å². The minimum absolute atomic E-state index is 0.0426. The third kappa shape index (κ3) is 21.7. The predicted molar refractivity (Wildman–Crippen MR) is 449 cm³/mol. The number of piperidine rings is 2. The Kier molecular flexibility index (Phi) is 29.5. The molecule has 0 saturated carbocycles. The molecule has 29 heteroatoms. The highest BCUT2D eigenvalue weighted by Gasteiger charge is 2.46. The number of amides is 6. The lowest BCUT2D eigenvalue weighted by molar-refractivity contribution is -0.149. The third-order valence-corrected chi connectivity index (χ3v) is 25.9. The van der Waals surface area contributed by atoms with Gasteiger partial charge in [-0.2, -0.15) is 35.3 Å². The lowest BCUT2D eigenvalue weighted by Gasteiger charge is -2.40. The van der Waals surface area contributed by atoms with Crippen LogP contribution in [0.15, 0.2) is 146 Å². The fourth-order valence-electron chi connectivity index (χ4n) is 16.6. The number of hydrogen-bond acceptors (Lipinski definition) is 18. The highest BCUT2D eigenvalue weighted by Crippen LogP contribution is 2.36. The van der Waals surface area contributed by atoms with E-state index in [1.165, 1.54) is 47.1 Å². The summed E-state index contributed by atoms with van der Waals surface area (Å²) in [7, 11) is 0. The largest absolute Gasteiger partial charge is 0.481 e. The van der Waals surface area contributed by atoms with Crippen LogP contribution in [0.2, 0.25) is 0 Å². The van der Waals surface area contributed by atoms with E-state index in [0.717, 1.165) is 38.5 Å². The molecule has 26 nitrogen and oxygen atoms in total. The smallest absolute Gasteiger partial charge is 0.303 e. The van der Waals surface area contributed by atoms with Crippen LogP contribution in [0.25, 0.3) is 43.6 Å². The number of nitrogens with zero attached hydrogens (tertiary/aromatic N) is 1. The quantitative estimate of drug-likeness (QED) is 0.0201. The van der Waals surface area contributed by atoms with E-state index in [9.17, 15) is 48.9 Å². The number of thioether (sulfide) groups is 3. The molecule has 4 unspecified atom stereocenters. The number of carbonyl (C=O) groups is 13. The first-order valence-corrected chi connectivity index (χ1v) is 43.5. The second-order valence-electron chi connectivity index (χ2n) is 31.3. The van der Waals surface area contributed by atoms with Gasteiger partial charge in [0.05, 0.1) is 55.1 Å². The van der Waals surface area contributed by atoms with Crippen LogP contribution in [-0.2, 0) is 99.5 Å². The first-order valence-electron chi connectivity index (χ1n) is 39.8. The molecule has 2 saturated heterocycles. The van der Waals surface area contributed by atoms with Gasteiger partial charge in [-0.1, -0.05) is 104 Å². The molecule has 9 aromatic rings. The first-order chi connectivity index (χ1) is 56.4. The zero-order valence-electron chi connectivity index (χ0n) is 65.5. The number of aromatic nitrogens is 4. The van der Waals surface area contributed by atoms with Crippen molar-refractivity contribution in [2.45, 2.75) is 145 Å². The van der Waals surface area contributed by atoms with Crippen molar-refractivity contribution in [1.29, 1.82) is 0 Å². The number of aliphatic carboxylic acids is 1. The summed E-state index contributed by atoms with van der Waals surface area (Å²) in [5.41, 5.74) is 7.24. The van der Waals surface area contributed by atoms with E-state index in [1.54, 1.807) is 24.8 Å². The number of benzene rings is 5. The number of hydrogen-bond donors (Lipinski definition) is 12. The van der Waals surface area contributed by atoms with E-state index in [0.29, 0.717) is 55.8 Å². The minimum atomic E-state index is -1.58. The van der Waals surface area contributed by atoms with E-state index in [2.05, 4.69) is 46.5 Å². The van der Waals surface area contributed by atoms with Gasteiger partial charge in [-0.15, -0.1) is 0 Å². The molecule has 0 spiro atoms. The Hall–Kier alpha value is -10.5. The van der Waals surface area contributed by atoms with Crippen molar-refractivity contribution in [3.05, 3.63) is 179 Å². The van der Waals surface area contributed by atoms with Crippen molar-refractivity contribution in [1.82, 2.24) is 51.4 Å². The Balaban J connectivity index is 0.849. The molecule has 4 bridgehead atoms. The maximum atomic E-state index is 15.9. The summed E-state index contributed by atoms with van der Waals surface area (Å²) < 4.78 is 0. The molecule has 12 N–H and O–H groups in total. The van der Waals surface area contributed by atoms with Crippen LogP contribution in [0.1, 0.15) is 105 Å². The first kappa shape index (κ1) is 85.9. The number of H-pyrrole nitrogens is 4. The molecule has 2 fully saturated rings. The highest BCUT2D eigenvalue weighted by molar-refractivity contribution is 7.99. The zero-order chi connectivity index (χ0) is 83.0. The molecule has 3 aliphatic rings. The van der Waals surface area contributed by atoms with Gasteiger partial charge in [0, 0.05) is 167 Å². The Bertz CT molecular complexity index is 5170. The topological polar surface area (TPSA) is 409 Å². The molecular weight excluding hydrogens is 1550 g/mol. The fraction of sp³-hybridized carbons (Fsp3) is 0.420. The number of carboxylic acid groups (broad SMARTS) is 1. The molecule has 0 aliphatic carbocycles. The molecule has 6 amide bonds. The predicted octanol–water partition coefficient (Wildman–Crippen LogP) is 8.42. The number of rotatable bonds is 30. The summed E-state index contributed by atoms with van der Waals surface area (Å²) in [6.45, 7) is 1.75. The third-order valence-electron chi connectivity index (χ3n) is 22.9. The van der Waals surface area contributed by atoms with Crippen LogP contribution in [0, 0.1) is 41.4 Å². The highest BCUT2D eigenvalue weighted by atomic mass is 32.2. The van der Waals surface area contributed by atoms with Gasteiger partial charge < -0.3 is 66.7 Å². The Morgan fingerprint density at radius 2 is 1.17 bits per heavy atom. The Morgan fingerprint density at radius 3 is 1.75 bits per heavy atom. The molecule has 12 rings (SSSR count). The molecular formula is C88H100N10O16S3.